The van der Waals surface area contributed by atoms with E-state index in [0.717, 1.165) is 19.1 Å². The van der Waals surface area contributed by atoms with E-state index < -0.39 is 0 Å². The highest BCUT2D eigenvalue weighted by Crippen LogP contribution is 2.25. The molecule has 0 aromatic heterocycles. The number of hydrogen-bond donors (Lipinski definition) is 1. The Bertz CT molecular complexity index is 283. The predicted molar refractivity (Wildman–Crippen MR) is 51.4 cm³/mol. The molecule has 0 aliphatic carbocycles. The molecule has 1 aliphatic rings. The second-order valence-corrected chi connectivity index (χ2v) is 3.45. The number of benzene rings is 1. The van der Waals surface area contributed by atoms with Gasteiger partial charge in [0.05, 0.1) is 6.04 Å². The smallest absolute Gasteiger partial charge is 0.136 e. The van der Waals surface area contributed by atoms with Gasteiger partial charge in [-0.1, -0.05) is 30.3 Å². The molecule has 68 valence electrons. The fourth-order valence-corrected chi connectivity index (χ4v) is 1.83. The van der Waals surface area contributed by atoms with Crippen molar-refractivity contribution in [3.05, 3.63) is 35.9 Å². The van der Waals surface area contributed by atoms with Crippen LogP contribution >= 0.6 is 0 Å². The summed E-state index contributed by atoms with van der Waals surface area (Å²) in [5.74, 6) is 0. The maximum Gasteiger partial charge on any atom is 0.136 e. The monoisotopic (exact) mass is 175 g/mol. The summed E-state index contributed by atoms with van der Waals surface area (Å²) in [5.41, 5.74) is 1.28. The zero-order chi connectivity index (χ0) is 9.10. The van der Waals surface area contributed by atoms with Crippen molar-refractivity contribution < 1.29 is 4.79 Å². The highest BCUT2D eigenvalue weighted by atomic mass is 16.1. The molecular weight excluding hydrogens is 162 g/mol. The molecule has 2 rings (SSSR count). The Morgan fingerprint density at radius 1 is 1.23 bits per heavy atom. The van der Waals surface area contributed by atoms with Crippen molar-refractivity contribution in [2.45, 2.75) is 24.9 Å². The van der Waals surface area contributed by atoms with Crippen molar-refractivity contribution in [1.82, 2.24) is 5.32 Å². The third kappa shape index (κ3) is 1.78. The molecule has 1 aromatic carbocycles. The molecule has 2 unspecified atom stereocenters. The molecule has 0 saturated carbocycles. The van der Waals surface area contributed by atoms with E-state index in [1.54, 1.807) is 0 Å². The second kappa shape index (κ2) is 3.71. The van der Waals surface area contributed by atoms with Crippen LogP contribution in [0.2, 0.25) is 0 Å². The molecule has 2 atom stereocenters. The fourth-order valence-electron chi connectivity index (χ4n) is 1.83. The molecule has 0 bridgehead atoms. The van der Waals surface area contributed by atoms with Crippen LogP contribution in [0.1, 0.15) is 24.4 Å². The van der Waals surface area contributed by atoms with Crippen LogP contribution in [0.15, 0.2) is 30.3 Å². The second-order valence-electron chi connectivity index (χ2n) is 3.45. The highest BCUT2D eigenvalue weighted by molar-refractivity contribution is 5.58. The lowest BCUT2D eigenvalue weighted by Gasteiger charge is -2.10. The molecular formula is C11H13NO. The first-order chi connectivity index (χ1) is 6.40. The Balaban J connectivity index is 2.08. The van der Waals surface area contributed by atoms with Crippen LogP contribution in [0.5, 0.6) is 0 Å². The van der Waals surface area contributed by atoms with Crippen molar-refractivity contribution in [2.75, 3.05) is 0 Å². The molecule has 1 saturated heterocycles. The predicted octanol–water partition coefficient (Wildman–Crippen LogP) is 1.68. The molecule has 13 heavy (non-hydrogen) atoms. The van der Waals surface area contributed by atoms with E-state index in [1.165, 1.54) is 5.56 Å². The van der Waals surface area contributed by atoms with Gasteiger partial charge in [0.1, 0.15) is 6.29 Å². The molecule has 1 aliphatic heterocycles. The summed E-state index contributed by atoms with van der Waals surface area (Å²) in [6, 6.07) is 10.7. The largest absolute Gasteiger partial charge is 0.302 e. The topological polar surface area (TPSA) is 29.1 Å². The Hall–Kier alpha value is -1.15. The fraction of sp³-hybridized carbons (Fsp3) is 0.364. The van der Waals surface area contributed by atoms with Crippen molar-refractivity contribution in [1.29, 1.82) is 0 Å². The SMILES string of the molecule is O=CC1CCC(c2ccccc2)N1. The van der Waals surface area contributed by atoms with Gasteiger partial charge in [-0.2, -0.15) is 0 Å². The molecule has 2 heteroatoms. The van der Waals surface area contributed by atoms with Gasteiger partial charge in [0.25, 0.3) is 0 Å². The lowest BCUT2D eigenvalue weighted by atomic mass is 10.1. The van der Waals surface area contributed by atoms with Crippen LogP contribution in [0.25, 0.3) is 0 Å². The van der Waals surface area contributed by atoms with Gasteiger partial charge in [0.2, 0.25) is 0 Å². The molecule has 1 fully saturated rings. The third-order valence-corrected chi connectivity index (χ3v) is 2.55. The van der Waals surface area contributed by atoms with Gasteiger partial charge in [-0.25, -0.2) is 0 Å². The number of nitrogens with one attached hydrogen (secondary N) is 1. The quantitative estimate of drug-likeness (QED) is 0.693. The first-order valence-corrected chi connectivity index (χ1v) is 4.66. The minimum atomic E-state index is 0.0604. The van der Waals surface area contributed by atoms with Crippen LogP contribution in [-0.2, 0) is 4.79 Å². The van der Waals surface area contributed by atoms with E-state index in [9.17, 15) is 4.79 Å². The van der Waals surface area contributed by atoms with E-state index in [-0.39, 0.29) is 6.04 Å². The average molecular weight is 175 g/mol. The molecule has 1 aromatic rings. The van der Waals surface area contributed by atoms with Crippen LogP contribution in [0.3, 0.4) is 0 Å². The summed E-state index contributed by atoms with van der Waals surface area (Å²) < 4.78 is 0. The van der Waals surface area contributed by atoms with E-state index in [2.05, 4.69) is 17.4 Å². The molecule has 2 nitrogen and oxygen atoms in total. The standard InChI is InChI=1S/C11H13NO/c13-8-10-6-7-11(12-10)9-4-2-1-3-5-9/h1-5,8,10-12H,6-7H2. The maximum atomic E-state index is 10.5. The highest BCUT2D eigenvalue weighted by Gasteiger charge is 2.23. The first-order valence-electron chi connectivity index (χ1n) is 4.66. The number of carbonyl (C=O) groups is 1. The van der Waals surface area contributed by atoms with E-state index in [1.807, 2.05) is 18.2 Å². The van der Waals surface area contributed by atoms with Gasteiger partial charge in [-0.3, -0.25) is 0 Å². The maximum absolute atomic E-state index is 10.5. The normalized spacial score (nSPS) is 27.4. The van der Waals surface area contributed by atoms with Gasteiger partial charge >= 0.3 is 0 Å². The lowest BCUT2D eigenvalue weighted by Crippen LogP contribution is -2.25. The van der Waals surface area contributed by atoms with E-state index in [0.29, 0.717) is 6.04 Å². The molecule has 0 amide bonds. The number of hydrogen-bond acceptors (Lipinski definition) is 2. The zero-order valence-electron chi connectivity index (χ0n) is 7.44. The summed E-state index contributed by atoms with van der Waals surface area (Å²) in [6.45, 7) is 0. The Labute approximate surface area is 78.0 Å². The van der Waals surface area contributed by atoms with Gasteiger partial charge in [0, 0.05) is 6.04 Å². The van der Waals surface area contributed by atoms with Crippen molar-refractivity contribution >= 4 is 6.29 Å². The first kappa shape index (κ1) is 8.45. The molecule has 0 spiro atoms. The number of carbonyl (C=O) groups excluding carboxylic acids is 1. The summed E-state index contributed by atoms with van der Waals surface area (Å²) >= 11 is 0. The zero-order valence-corrected chi connectivity index (χ0v) is 7.44. The van der Waals surface area contributed by atoms with Gasteiger partial charge in [-0.15, -0.1) is 0 Å². The van der Waals surface area contributed by atoms with Crippen molar-refractivity contribution in [2.24, 2.45) is 0 Å². The number of aldehydes is 1. The Morgan fingerprint density at radius 2 is 2.00 bits per heavy atom. The summed E-state index contributed by atoms with van der Waals surface area (Å²) in [6.07, 6.45) is 3.03. The van der Waals surface area contributed by atoms with Crippen LogP contribution < -0.4 is 5.32 Å². The molecule has 1 N–H and O–H groups in total. The third-order valence-electron chi connectivity index (χ3n) is 2.55. The summed E-state index contributed by atoms with van der Waals surface area (Å²) in [7, 11) is 0. The van der Waals surface area contributed by atoms with Crippen molar-refractivity contribution in [3.8, 4) is 0 Å². The van der Waals surface area contributed by atoms with E-state index >= 15 is 0 Å². The average Bonchev–Trinajstić information content (AvgIpc) is 2.67. The molecule has 1 heterocycles. The minimum Gasteiger partial charge on any atom is -0.302 e. The van der Waals surface area contributed by atoms with Gasteiger partial charge in [0.15, 0.2) is 0 Å². The Morgan fingerprint density at radius 3 is 2.62 bits per heavy atom. The number of rotatable bonds is 2. The lowest BCUT2D eigenvalue weighted by molar-refractivity contribution is -0.109. The molecule has 0 radical (unpaired) electrons. The van der Waals surface area contributed by atoms with Gasteiger partial charge in [-0.05, 0) is 18.4 Å². The van der Waals surface area contributed by atoms with Crippen LogP contribution in [0.4, 0.5) is 0 Å². The van der Waals surface area contributed by atoms with Gasteiger partial charge < -0.3 is 10.1 Å². The summed E-state index contributed by atoms with van der Waals surface area (Å²) in [4.78, 5) is 10.5. The minimum absolute atomic E-state index is 0.0604. The van der Waals surface area contributed by atoms with E-state index in [4.69, 9.17) is 0 Å². The van der Waals surface area contributed by atoms with Crippen LogP contribution in [0, 0.1) is 0 Å². The Kier molecular flexibility index (Phi) is 2.41. The summed E-state index contributed by atoms with van der Waals surface area (Å²) in [5, 5.41) is 3.29. The van der Waals surface area contributed by atoms with Crippen molar-refractivity contribution in [3.63, 3.8) is 0 Å². The van der Waals surface area contributed by atoms with Crippen LogP contribution in [-0.4, -0.2) is 12.3 Å².